The monoisotopic (exact) mass is 302 g/mol. The molecule has 1 spiro atoms. The molecule has 1 aliphatic heterocycles. The highest BCUT2D eigenvalue weighted by Gasteiger charge is 2.50. The maximum absolute atomic E-state index is 12.9. The minimum absolute atomic E-state index is 0.0249. The van der Waals surface area contributed by atoms with E-state index in [1.165, 1.54) is 24.1 Å². The van der Waals surface area contributed by atoms with E-state index in [0.717, 1.165) is 36.4 Å². The molecule has 1 saturated carbocycles. The van der Waals surface area contributed by atoms with Crippen LogP contribution in [0.1, 0.15) is 63.7 Å². The molecule has 0 amide bonds. The number of anilines is 1. The van der Waals surface area contributed by atoms with E-state index < -0.39 is 0 Å². The maximum Gasteiger partial charge on any atom is 0.162 e. The van der Waals surface area contributed by atoms with E-state index in [1.807, 2.05) is 5.51 Å². The topological polar surface area (TPSA) is 42.0 Å². The Kier molecular flexibility index (Phi) is 2.84. The molecule has 2 heterocycles. The number of nitrogens with one attached hydrogen (secondary N) is 1. The molecule has 3 aliphatic rings. The van der Waals surface area contributed by atoms with E-state index in [4.69, 9.17) is 0 Å². The lowest BCUT2D eigenvalue weighted by Crippen LogP contribution is -2.43. The number of carbonyl (C=O) groups is 1. The Bertz CT molecular complexity index is 635. The Hall–Kier alpha value is -1.16. The Labute approximate surface area is 129 Å². The Morgan fingerprint density at radius 1 is 1.19 bits per heavy atom. The van der Waals surface area contributed by atoms with Crippen molar-refractivity contribution in [1.82, 2.24) is 4.98 Å². The van der Waals surface area contributed by atoms with Crippen LogP contribution < -0.4 is 5.32 Å². The highest BCUT2D eigenvalue weighted by atomic mass is 32.1. The van der Waals surface area contributed by atoms with E-state index >= 15 is 0 Å². The number of fused-ring (bicyclic) bond motifs is 3. The van der Waals surface area contributed by atoms with Gasteiger partial charge in [0.05, 0.1) is 10.4 Å². The average molecular weight is 302 g/mol. The third-order valence-electron chi connectivity index (χ3n) is 5.33. The molecule has 0 radical (unpaired) electrons. The van der Waals surface area contributed by atoms with Crippen LogP contribution in [0, 0.1) is 5.41 Å². The average Bonchev–Trinajstić information content (AvgIpc) is 2.86. The predicted octanol–water partition coefficient (Wildman–Crippen LogP) is 4.41. The molecule has 1 N–H and O–H groups in total. The molecule has 0 bridgehead atoms. The number of allylic oxidation sites excluding steroid dienone is 2. The zero-order chi connectivity index (χ0) is 14.7. The highest BCUT2D eigenvalue weighted by molar-refractivity contribution is 7.10. The second kappa shape index (κ2) is 4.42. The van der Waals surface area contributed by atoms with Gasteiger partial charge in [-0.3, -0.25) is 4.79 Å². The van der Waals surface area contributed by atoms with Gasteiger partial charge in [-0.1, -0.05) is 33.1 Å². The van der Waals surface area contributed by atoms with Crippen LogP contribution in [0.5, 0.6) is 0 Å². The van der Waals surface area contributed by atoms with Gasteiger partial charge in [0.1, 0.15) is 5.82 Å². The summed E-state index contributed by atoms with van der Waals surface area (Å²) >= 11 is 1.73. The van der Waals surface area contributed by atoms with E-state index in [2.05, 4.69) is 24.1 Å². The molecule has 2 aliphatic carbocycles. The van der Waals surface area contributed by atoms with Gasteiger partial charge in [-0.2, -0.15) is 0 Å². The lowest BCUT2D eigenvalue weighted by molar-refractivity contribution is -0.119. The van der Waals surface area contributed by atoms with Gasteiger partial charge < -0.3 is 5.32 Å². The van der Waals surface area contributed by atoms with Crippen LogP contribution in [0.25, 0.3) is 0 Å². The first-order chi connectivity index (χ1) is 10.0. The summed E-state index contributed by atoms with van der Waals surface area (Å²) in [7, 11) is 0. The quantitative estimate of drug-likeness (QED) is 0.771. The predicted molar refractivity (Wildman–Crippen MR) is 85.5 cm³/mol. The summed E-state index contributed by atoms with van der Waals surface area (Å²) in [6.07, 6.45) is 7.64. The zero-order valence-electron chi connectivity index (χ0n) is 12.8. The number of nitrogens with zero attached hydrogens (tertiary/aromatic N) is 1. The van der Waals surface area contributed by atoms with Gasteiger partial charge in [-0.15, -0.1) is 11.3 Å². The normalized spacial score (nSPS) is 26.3. The molecule has 21 heavy (non-hydrogen) atoms. The summed E-state index contributed by atoms with van der Waals surface area (Å²) in [5.74, 6) is 1.39. The molecule has 112 valence electrons. The highest BCUT2D eigenvalue weighted by Crippen LogP contribution is 2.56. The Morgan fingerprint density at radius 3 is 2.71 bits per heavy atom. The van der Waals surface area contributed by atoms with Crippen molar-refractivity contribution in [3.63, 3.8) is 0 Å². The van der Waals surface area contributed by atoms with Crippen LogP contribution in [0.3, 0.4) is 0 Å². The first-order valence-electron chi connectivity index (χ1n) is 8.00. The first-order valence-corrected chi connectivity index (χ1v) is 8.88. The first kappa shape index (κ1) is 13.5. The lowest BCUT2D eigenvalue weighted by atomic mass is 9.60. The lowest BCUT2D eigenvalue weighted by Gasteiger charge is -2.46. The number of rotatable bonds is 0. The standard InChI is InChI=1S/C17H22N2OS/c1-16(2)8-11-13(12(20)9-16)17(6-4-3-5-7-17)14-15(19-11)18-10-21-14/h10,19H,3-9H2,1-2H3. The Balaban J connectivity index is 1.90. The molecular weight excluding hydrogens is 280 g/mol. The molecule has 1 aromatic rings. The van der Waals surface area contributed by atoms with Crippen LogP contribution in [0.4, 0.5) is 5.82 Å². The van der Waals surface area contributed by atoms with Crippen molar-refractivity contribution in [2.75, 3.05) is 5.32 Å². The smallest absolute Gasteiger partial charge is 0.162 e. The largest absolute Gasteiger partial charge is 0.342 e. The SMILES string of the molecule is CC1(C)CC(=O)C2=C(C1)Nc1ncsc1C21CCCCC1. The molecule has 3 nitrogen and oxygen atoms in total. The number of hydrogen-bond donors (Lipinski definition) is 1. The van der Waals surface area contributed by atoms with Crippen molar-refractivity contribution in [2.45, 2.75) is 64.2 Å². The molecule has 1 fully saturated rings. The van der Waals surface area contributed by atoms with Gasteiger partial charge in [0.2, 0.25) is 0 Å². The fraction of sp³-hybridized carbons (Fsp3) is 0.647. The van der Waals surface area contributed by atoms with Crippen molar-refractivity contribution in [2.24, 2.45) is 5.41 Å². The molecule has 1 aromatic heterocycles. The maximum atomic E-state index is 12.9. The van der Waals surface area contributed by atoms with Gasteiger partial charge in [-0.05, 0) is 24.7 Å². The van der Waals surface area contributed by atoms with Crippen molar-refractivity contribution in [1.29, 1.82) is 0 Å². The molecule has 4 heteroatoms. The molecule has 0 unspecified atom stereocenters. The summed E-state index contributed by atoms with van der Waals surface area (Å²) in [5, 5.41) is 3.49. The summed E-state index contributed by atoms with van der Waals surface area (Å²) < 4.78 is 0. The third-order valence-corrected chi connectivity index (χ3v) is 6.36. The summed E-state index contributed by atoms with van der Waals surface area (Å²) in [6, 6.07) is 0. The number of hydrogen-bond acceptors (Lipinski definition) is 4. The van der Waals surface area contributed by atoms with E-state index in [-0.39, 0.29) is 10.8 Å². The number of thiazole rings is 1. The van der Waals surface area contributed by atoms with Crippen molar-refractivity contribution < 1.29 is 4.79 Å². The second-order valence-corrected chi connectivity index (χ2v) is 8.45. The number of carbonyl (C=O) groups excluding carboxylic acids is 1. The minimum Gasteiger partial charge on any atom is -0.342 e. The van der Waals surface area contributed by atoms with Crippen LogP contribution in [-0.2, 0) is 10.2 Å². The number of Topliss-reactive ketones (excluding diaryl/α,β-unsaturated/α-hetero) is 1. The summed E-state index contributed by atoms with van der Waals surface area (Å²) in [5.41, 5.74) is 4.24. The summed E-state index contributed by atoms with van der Waals surface area (Å²) in [6.45, 7) is 4.39. The van der Waals surface area contributed by atoms with Gasteiger partial charge in [-0.25, -0.2) is 4.98 Å². The van der Waals surface area contributed by atoms with Crippen molar-refractivity contribution in [3.8, 4) is 0 Å². The number of ketones is 1. The van der Waals surface area contributed by atoms with Gasteiger partial charge in [0, 0.05) is 23.1 Å². The van der Waals surface area contributed by atoms with Crippen LogP contribution in [-0.4, -0.2) is 10.8 Å². The van der Waals surface area contributed by atoms with Gasteiger partial charge >= 0.3 is 0 Å². The van der Waals surface area contributed by atoms with Crippen LogP contribution >= 0.6 is 11.3 Å². The van der Waals surface area contributed by atoms with Gasteiger partial charge in [0.15, 0.2) is 5.78 Å². The zero-order valence-corrected chi connectivity index (χ0v) is 13.6. The second-order valence-electron chi connectivity index (χ2n) is 7.59. The Morgan fingerprint density at radius 2 is 1.95 bits per heavy atom. The molecule has 0 atom stereocenters. The molecule has 4 rings (SSSR count). The third kappa shape index (κ3) is 1.91. The van der Waals surface area contributed by atoms with E-state index in [9.17, 15) is 4.79 Å². The number of aromatic nitrogens is 1. The van der Waals surface area contributed by atoms with Crippen molar-refractivity contribution >= 4 is 22.9 Å². The van der Waals surface area contributed by atoms with E-state index in [0.29, 0.717) is 12.2 Å². The summed E-state index contributed by atoms with van der Waals surface area (Å²) in [4.78, 5) is 18.8. The van der Waals surface area contributed by atoms with Gasteiger partial charge in [0.25, 0.3) is 0 Å². The fourth-order valence-corrected chi connectivity index (χ4v) is 5.56. The molecule has 0 saturated heterocycles. The fourth-order valence-electron chi connectivity index (χ4n) is 4.55. The minimum atomic E-state index is -0.0249. The van der Waals surface area contributed by atoms with E-state index in [1.54, 1.807) is 11.3 Å². The molecule has 0 aromatic carbocycles. The van der Waals surface area contributed by atoms with Crippen LogP contribution in [0.2, 0.25) is 0 Å². The molecular formula is C17H22N2OS. The van der Waals surface area contributed by atoms with Crippen LogP contribution in [0.15, 0.2) is 16.8 Å². The van der Waals surface area contributed by atoms with Crippen molar-refractivity contribution in [3.05, 3.63) is 21.7 Å².